The first-order chi connectivity index (χ1) is 15.0. The molecule has 0 radical (unpaired) electrons. The number of nitrogens with zero attached hydrogens (tertiary/aromatic N) is 3. The van der Waals surface area contributed by atoms with Crippen LogP contribution in [-0.4, -0.2) is 25.4 Å². The molecule has 3 aliphatic rings. The molecular formula is C23H24N4O4. The molecule has 8 heteroatoms. The van der Waals surface area contributed by atoms with Gasteiger partial charge in [-0.15, -0.1) is 0 Å². The van der Waals surface area contributed by atoms with E-state index in [2.05, 4.69) is 18.2 Å². The number of nitriles is 3. The lowest BCUT2D eigenvalue weighted by atomic mass is 9.52. The average molecular weight is 420 g/mol. The average Bonchev–Trinajstić information content (AvgIpc) is 2.91. The topological polar surface area (TPSA) is 132 Å². The third-order valence-corrected chi connectivity index (χ3v) is 6.86. The van der Waals surface area contributed by atoms with E-state index >= 15 is 0 Å². The Hall–Kier alpha value is -3.28. The minimum atomic E-state index is -1.95. The van der Waals surface area contributed by atoms with Crippen molar-refractivity contribution in [1.82, 2.24) is 0 Å². The van der Waals surface area contributed by atoms with Crippen LogP contribution in [0.4, 0.5) is 0 Å². The number of rotatable bonds is 4. The van der Waals surface area contributed by atoms with Crippen molar-refractivity contribution in [2.24, 2.45) is 16.7 Å². The van der Waals surface area contributed by atoms with Gasteiger partial charge in [0.15, 0.2) is 16.9 Å². The zero-order valence-corrected chi connectivity index (χ0v) is 17.6. The van der Waals surface area contributed by atoms with Gasteiger partial charge in [0.2, 0.25) is 17.1 Å². The zero-order valence-electron chi connectivity index (χ0n) is 17.6. The van der Waals surface area contributed by atoms with Crippen LogP contribution in [0.15, 0.2) is 18.2 Å². The summed E-state index contributed by atoms with van der Waals surface area (Å²) in [5.41, 5.74) is -3.16. The molecule has 2 aliphatic heterocycles. The van der Waals surface area contributed by atoms with E-state index in [1.807, 2.05) is 6.92 Å². The molecule has 0 aromatic heterocycles. The molecule has 2 saturated heterocycles. The summed E-state index contributed by atoms with van der Waals surface area (Å²) in [5.74, 6) is -1.14. The Balaban J connectivity index is 1.94. The second-order valence-corrected chi connectivity index (χ2v) is 8.19. The van der Waals surface area contributed by atoms with Crippen LogP contribution in [0.2, 0.25) is 0 Å². The number of hydrogen-bond donors (Lipinski definition) is 1. The summed E-state index contributed by atoms with van der Waals surface area (Å²) in [6.45, 7) is 2.31. The Kier molecular flexibility index (Phi) is 5.04. The molecule has 1 saturated carbocycles. The summed E-state index contributed by atoms with van der Waals surface area (Å²) in [6, 6.07) is 11.5. The highest BCUT2D eigenvalue weighted by Crippen LogP contribution is 2.69. The molecule has 4 rings (SSSR count). The molecule has 1 N–H and O–H groups in total. The zero-order chi connectivity index (χ0) is 22.3. The largest absolute Gasteiger partial charge is 0.493 e. The van der Waals surface area contributed by atoms with Crippen LogP contribution in [0.1, 0.15) is 50.7 Å². The van der Waals surface area contributed by atoms with Crippen LogP contribution in [0, 0.1) is 56.2 Å². The smallest absolute Gasteiger partial charge is 0.217 e. The molecule has 0 spiro atoms. The van der Waals surface area contributed by atoms with Gasteiger partial charge in [-0.05, 0) is 37.5 Å². The van der Waals surface area contributed by atoms with E-state index < -0.39 is 28.6 Å². The summed E-state index contributed by atoms with van der Waals surface area (Å²) >= 11 is 0. The molecule has 1 aromatic rings. The molecule has 1 aliphatic carbocycles. The molecular weight excluding hydrogens is 396 g/mol. The highest BCUT2D eigenvalue weighted by atomic mass is 16.7. The number of benzene rings is 1. The van der Waals surface area contributed by atoms with Crippen molar-refractivity contribution in [2.75, 3.05) is 13.7 Å². The molecule has 3 fully saturated rings. The second kappa shape index (κ2) is 7.45. The standard InChI is InChI=1S/C23H24N4O4/c1-3-29-16-9-8-15(11-17(16)28-2)19-21(12-24,13-25)22(14-26)18-7-5-4-6-10-23(18,30-19)31-20(22)27/h8-9,11,18-19,27H,3-7,10H2,1-2H3. The van der Waals surface area contributed by atoms with E-state index in [0.29, 0.717) is 36.5 Å². The SMILES string of the molecule is CCOc1ccc(C2OC34CCCCCC3C(C#N)(C(=N)O4)C2(C#N)C#N)cc1OC. The van der Waals surface area contributed by atoms with E-state index in [9.17, 15) is 15.8 Å². The lowest BCUT2D eigenvalue weighted by Gasteiger charge is -2.49. The van der Waals surface area contributed by atoms with Crippen LogP contribution in [0.25, 0.3) is 0 Å². The van der Waals surface area contributed by atoms with Gasteiger partial charge >= 0.3 is 0 Å². The maximum absolute atomic E-state index is 10.4. The molecule has 1 aromatic carbocycles. The Labute approximate surface area is 181 Å². The maximum Gasteiger partial charge on any atom is 0.217 e. The van der Waals surface area contributed by atoms with E-state index in [-0.39, 0.29) is 5.90 Å². The quantitative estimate of drug-likeness (QED) is 0.778. The normalized spacial score (nSPS) is 32.9. The molecule has 31 heavy (non-hydrogen) atoms. The predicted molar refractivity (Wildman–Crippen MR) is 108 cm³/mol. The van der Waals surface area contributed by atoms with Gasteiger partial charge in [0.05, 0.1) is 37.8 Å². The predicted octanol–water partition coefficient (Wildman–Crippen LogP) is 3.99. The lowest BCUT2D eigenvalue weighted by molar-refractivity contribution is -0.284. The van der Waals surface area contributed by atoms with Gasteiger partial charge in [0, 0.05) is 6.42 Å². The Morgan fingerprint density at radius 3 is 2.55 bits per heavy atom. The van der Waals surface area contributed by atoms with Crippen molar-refractivity contribution >= 4 is 5.90 Å². The Bertz CT molecular complexity index is 1020. The van der Waals surface area contributed by atoms with Crippen molar-refractivity contribution in [3.63, 3.8) is 0 Å². The molecule has 8 nitrogen and oxygen atoms in total. The van der Waals surface area contributed by atoms with Gasteiger partial charge in [-0.2, -0.15) is 15.8 Å². The van der Waals surface area contributed by atoms with Crippen molar-refractivity contribution in [1.29, 1.82) is 21.2 Å². The van der Waals surface area contributed by atoms with Crippen molar-refractivity contribution in [3.05, 3.63) is 23.8 Å². The Morgan fingerprint density at radius 1 is 1.13 bits per heavy atom. The molecule has 0 amide bonds. The third kappa shape index (κ3) is 2.57. The van der Waals surface area contributed by atoms with Crippen molar-refractivity contribution in [3.8, 4) is 29.7 Å². The van der Waals surface area contributed by atoms with Crippen molar-refractivity contribution in [2.45, 2.75) is 50.9 Å². The summed E-state index contributed by atoms with van der Waals surface area (Å²) < 4.78 is 23.5. The molecule has 4 atom stereocenters. The van der Waals surface area contributed by atoms with Crippen LogP contribution in [-0.2, 0) is 9.47 Å². The molecule has 160 valence electrons. The first-order valence-electron chi connectivity index (χ1n) is 10.5. The maximum atomic E-state index is 10.4. The van der Waals surface area contributed by atoms with Gasteiger partial charge < -0.3 is 18.9 Å². The van der Waals surface area contributed by atoms with Gasteiger partial charge in [0.1, 0.15) is 6.10 Å². The van der Waals surface area contributed by atoms with Gasteiger partial charge in [-0.1, -0.05) is 18.9 Å². The first kappa shape index (κ1) is 21.0. The number of nitrogens with one attached hydrogen (secondary N) is 1. The van der Waals surface area contributed by atoms with Gasteiger partial charge in [0.25, 0.3) is 0 Å². The van der Waals surface area contributed by atoms with E-state index in [1.54, 1.807) is 18.2 Å². The van der Waals surface area contributed by atoms with E-state index in [1.165, 1.54) is 7.11 Å². The van der Waals surface area contributed by atoms with Crippen LogP contribution >= 0.6 is 0 Å². The minimum Gasteiger partial charge on any atom is -0.493 e. The fourth-order valence-corrected chi connectivity index (χ4v) is 5.46. The molecule has 4 unspecified atom stereocenters. The summed E-state index contributed by atoms with van der Waals surface area (Å²) in [6.07, 6.45) is 2.54. The number of hydrogen-bond acceptors (Lipinski definition) is 8. The van der Waals surface area contributed by atoms with Crippen molar-refractivity contribution < 1.29 is 18.9 Å². The van der Waals surface area contributed by atoms with Gasteiger partial charge in [-0.25, -0.2) is 0 Å². The molecule has 2 bridgehead atoms. The number of ether oxygens (including phenoxy) is 4. The monoisotopic (exact) mass is 420 g/mol. The second-order valence-electron chi connectivity index (χ2n) is 8.19. The Morgan fingerprint density at radius 2 is 1.90 bits per heavy atom. The summed E-state index contributed by atoms with van der Waals surface area (Å²) in [4.78, 5) is 0. The van der Waals surface area contributed by atoms with Crippen LogP contribution < -0.4 is 9.47 Å². The molecule has 2 heterocycles. The first-order valence-corrected chi connectivity index (χ1v) is 10.5. The highest BCUT2D eigenvalue weighted by molar-refractivity contribution is 5.89. The highest BCUT2D eigenvalue weighted by Gasteiger charge is 2.80. The minimum absolute atomic E-state index is 0.342. The fraction of sp³-hybridized carbons (Fsp3) is 0.565. The fourth-order valence-electron chi connectivity index (χ4n) is 5.46. The summed E-state index contributed by atoms with van der Waals surface area (Å²) in [7, 11) is 1.50. The van der Waals surface area contributed by atoms with E-state index in [0.717, 1.165) is 19.3 Å². The third-order valence-electron chi connectivity index (χ3n) is 6.86. The van der Waals surface area contributed by atoms with E-state index in [4.69, 9.17) is 24.4 Å². The van der Waals surface area contributed by atoms with Gasteiger partial charge in [-0.3, -0.25) is 5.41 Å². The lowest BCUT2D eigenvalue weighted by Crippen LogP contribution is -2.59. The number of methoxy groups -OCH3 is 1. The van der Waals surface area contributed by atoms with Crippen LogP contribution in [0.5, 0.6) is 11.5 Å². The van der Waals surface area contributed by atoms with Crippen LogP contribution in [0.3, 0.4) is 0 Å². The summed E-state index contributed by atoms with van der Waals surface area (Å²) in [5, 5.41) is 39.6.